The normalized spacial score (nSPS) is 11.9. The predicted molar refractivity (Wildman–Crippen MR) is 73.8 cm³/mol. The van der Waals surface area contributed by atoms with Crippen molar-refractivity contribution in [2.24, 2.45) is 0 Å². The summed E-state index contributed by atoms with van der Waals surface area (Å²) >= 11 is 0. The number of ether oxygens (including phenoxy) is 1. The number of pyridine rings is 1. The van der Waals surface area contributed by atoms with Gasteiger partial charge in [0.05, 0.1) is 18.8 Å². The van der Waals surface area contributed by atoms with E-state index in [-0.39, 0.29) is 11.9 Å². The summed E-state index contributed by atoms with van der Waals surface area (Å²) in [5, 5.41) is 3.34. The molecule has 100 valence electrons. The van der Waals surface area contributed by atoms with E-state index in [4.69, 9.17) is 4.74 Å². The van der Waals surface area contributed by atoms with Gasteiger partial charge in [0.15, 0.2) is 0 Å². The molecule has 2 aromatic rings. The van der Waals surface area contributed by atoms with E-state index in [1.165, 1.54) is 6.07 Å². The Hall–Kier alpha value is -2.10. The monoisotopic (exact) mass is 260 g/mol. The second-order valence-corrected chi connectivity index (χ2v) is 4.22. The lowest BCUT2D eigenvalue weighted by atomic mass is 10.0. The lowest BCUT2D eigenvalue weighted by molar-refractivity contribution is 0.399. The van der Waals surface area contributed by atoms with Crippen LogP contribution in [-0.4, -0.2) is 12.1 Å². The number of hydrogen-bond acceptors (Lipinski definition) is 3. The van der Waals surface area contributed by atoms with Gasteiger partial charge < -0.3 is 10.1 Å². The maximum Gasteiger partial charge on any atom is 0.237 e. The van der Waals surface area contributed by atoms with E-state index in [0.29, 0.717) is 5.88 Å². The lowest BCUT2D eigenvalue weighted by Gasteiger charge is -2.19. The van der Waals surface area contributed by atoms with Crippen LogP contribution in [0, 0.1) is 5.82 Å². The van der Waals surface area contributed by atoms with Crippen LogP contribution in [0.4, 0.5) is 10.1 Å². The molecule has 0 aliphatic carbocycles. The molecule has 1 atom stereocenters. The van der Waals surface area contributed by atoms with Crippen LogP contribution in [0.15, 0.2) is 42.6 Å². The van der Waals surface area contributed by atoms with E-state index in [1.54, 1.807) is 25.4 Å². The molecule has 1 aromatic heterocycles. The highest BCUT2D eigenvalue weighted by Crippen LogP contribution is 2.27. The first kappa shape index (κ1) is 13.3. The fourth-order valence-electron chi connectivity index (χ4n) is 2.00. The zero-order chi connectivity index (χ0) is 13.7. The molecule has 4 heteroatoms. The van der Waals surface area contributed by atoms with Gasteiger partial charge in [0.25, 0.3) is 0 Å². The molecular weight excluding hydrogens is 243 g/mol. The van der Waals surface area contributed by atoms with Gasteiger partial charge in [-0.3, -0.25) is 0 Å². The van der Waals surface area contributed by atoms with E-state index in [0.717, 1.165) is 17.7 Å². The van der Waals surface area contributed by atoms with E-state index >= 15 is 0 Å². The van der Waals surface area contributed by atoms with Crippen LogP contribution in [0.25, 0.3) is 0 Å². The minimum Gasteiger partial charge on any atom is -0.480 e. The smallest absolute Gasteiger partial charge is 0.237 e. The molecule has 0 saturated heterocycles. The van der Waals surface area contributed by atoms with E-state index in [9.17, 15) is 4.39 Å². The molecule has 0 saturated carbocycles. The summed E-state index contributed by atoms with van der Waals surface area (Å²) in [4.78, 5) is 4.14. The standard InChI is InChI=1S/C15H17FN2O/c1-3-13(11-6-4-7-12(16)10-11)18-14-8-5-9-17-15(14)19-2/h4-10,13,18H,3H2,1-2H3. The summed E-state index contributed by atoms with van der Waals surface area (Å²) in [7, 11) is 1.58. The average molecular weight is 260 g/mol. The Balaban J connectivity index is 2.24. The van der Waals surface area contributed by atoms with Gasteiger partial charge in [-0.1, -0.05) is 19.1 Å². The van der Waals surface area contributed by atoms with Gasteiger partial charge in [-0.05, 0) is 36.2 Å². The topological polar surface area (TPSA) is 34.2 Å². The molecule has 1 heterocycles. The zero-order valence-electron chi connectivity index (χ0n) is 11.1. The highest BCUT2D eigenvalue weighted by atomic mass is 19.1. The van der Waals surface area contributed by atoms with Gasteiger partial charge in [-0.25, -0.2) is 9.37 Å². The van der Waals surface area contributed by atoms with Crippen molar-refractivity contribution >= 4 is 5.69 Å². The molecule has 2 rings (SSSR count). The highest BCUT2D eigenvalue weighted by molar-refractivity contribution is 5.53. The Labute approximate surface area is 112 Å². The van der Waals surface area contributed by atoms with E-state index < -0.39 is 0 Å². The van der Waals surface area contributed by atoms with Crippen LogP contribution in [0.2, 0.25) is 0 Å². The quantitative estimate of drug-likeness (QED) is 0.888. The van der Waals surface area contributed by atoms with Crippen LogP contribution >= 0.6 is 0 Å². The molecule has 1 N–H and O–H groups in total. The third-order valence-corrected chi connectivity index (χ3v) is 2.95. The van der Waals surface area contributed by atoms with Crippen LogP contribution in [0.1, 0.15) is 24.9 Å². The summed E-state index contributed by atoms with van der Waals surface area (Å²) in [6.45, 7) is 2.05. The summed E-state index contributed by atoms with van der Waals surface area (Å²) in [6.07, 6.45) is 2.51. The largest absolute Gasteiger partial charge is 0.480 e. The Morgan fingerprint density at radius 1 is 1.32 bits per heavy atom. The van der Waals surface area contributed by atoms with Crippen molar-refractivity contribution in [2.45, 2.75) is 19.4 Å². The minimum atomic E-state index is -0.226. The van der Waals surface area contributed by atoms with Crippen LogP contribution in [0.5, 0.6) is 5.88 Å². The number of benzene rings is 1. The third kappa shape index (κ3) is 3.22. The molecule has 1 aromatic carbocycles. The number of anilines is 1. The molecule has 0 aliphatic heterocycles. The number of methoxy groups -OCH3 is 1. The lowest BCUT2D eigenvalue weighted by Crippen LogP contribution is -2.11. The Morgan fingerprint density at radius 3 is 2.84 bits per heavy atom. The van der Waals surface area contributed by atoms with Crippen molar-refractivity contribution < 1.29 is 9.13 Å². The molecular formula is C15H17FN2O. The number of aromatic nitrogens is 1. The number of rotatable bonds is 5. The molecule has 3 nitrogen and oxygen atoms in total. The van der Waals surface area contributed by atoms with E-state index in [2.05, 4.69) is 10.3 Å². The van der Waals surface area contributed by atoms with Crippen LogP contribution in [0.3, 0.4) is 0 Å². The van der Waals surface area contributed by atoms with Crippen LogP contribution < -0.4 is 10.1 Å². The van der Waals surface area contributed by atoms with Gasteiger partial charge in [-0.2, -0.15) is 0 Å². The second-order valence-electron chi connectivity index (χ2n) is 4.22. The molecule has 0 spiro atoms. The van der Waals surface area contributed by atoms with Crippen molar-refractivity contribution in [2.75, 3.05) is 12.4 Å². The Kier molecular flexibility index (Phi) is 4.34. The molecule has 0 aliphatic rings. The van der Waals surface area contributed by atoms with Crippen molar-refractivity contribution in [3.05, 3.63) is 54.0 Å². The summed E-state index contributed by atoms with van der Waals surface area (Å²) < 4.78 is 18.5. The van der Waals surface area contributed by atoms with Crippen molar-refractivity contribution in [1.29, 1.82) is 0 Å². The Morgan fingerprint density at radius 2 is 2.16 bits per heavy atom. The average Bonchev–Trinajstić information content (AvgIpc) is 2.45. The van der Waals surface area contributed by atoms with Gasteiger partial charge in [-0.15, -0.1) is 0 Å². The summed E-state index contributed by atoms with van der Waals surface area (Å²) in [5.74, 6) is 0.313. The first-order valence-electron chi connectivity index (χ1n) is 6.25. The molecule has 0 radical (unpaired) electrons. The Bertz CT molecular complexity index is 545. The molecule has 1 unspecified atom stereocenters. The maximum atomic E-state index is 13.3. The van der Waals surface area contributed by atoms with Gasteiger partial charge >= 0.3 is 0 Å². The molecule has 19 heavy (non-hydrogen) atoms. The number of nitrogens with zero attached hydrogens (tertiary/aromatic N) is 1. The second kappa shape index (κ2) is 6.18. The SMILES string of the molecule is CCC(Nc1cccnc1OC)c1cccc(F)c1. The summed E-state index contributed by atoms with van der Waals surface area (Å²) in [6, 6.07) is 10.4. The molecule has 0 amide bonds. The zero-order valence-corrected chi connectivity index (χ0v) is 11.1. The number of hydrogen-bond donors (Lipinski definition) is 1. The first-order valence-corrected chi connectivity index (χ1v) is 6.25. The van der Waals surface area contributed by atoms with Crippen molar-refractivity contribution in [3.63, 3.8) is 0 Å². The predicted octanol–water partition coefficient (Wildman–Crippen LogP) is 3.79. The van der Waals surface area contributed by atoms with Crippen molar-refractivity contribution in [1.82, 2.24) is 4.98 Å². The highest BCUT2D eigenvalue weighted by Gasteiger charge is 2.12. The van der Waals surface area contributed by atoms with Crippen LogP contribution in [-0.2, 0) is 0 Å². The molecule has 0 fully saturated rings. The minimum absolute atomic E-state index is 0.0220. The first-order chi connectivity index (χ1) is 9.24. The van der Waals surface area contributed by atoms with Gasteiger partial charge in [0.1, 0.15) is 5.82 Å². The van der Waals surface area contributed by atoms with Gasteiger partial charge in [0.2, 0.25) is 5.88 Å². The third-order valence-electron chi connectivity index (χ3n) is 2.95. The fraction of sp³-hybridized carbons (Fsp3) is 0.267. The number of nitrogens with one attached hydrogen (secondary N) is 1. The fourth-order valence-corrected chi connectivity index (χ4v) is 2.00. The maximum absolute atomic E-state index is 13.3. The number of halogens is 1. The van der Waals surface area contributed by atoms with Crippen molar-refractivity contribution in [3.8, 4) is 5.88 Å². The summed E-state index contributed by atoms with van der Waals surface area (Å²) in [5.41, 5.74) is 1.72. The van der Waals surface area contributed by atoms with Gasteiger partial charge in [0, 0.05) is 6.20 Å². The molecule has 0 bridgehead atoms. The van der Waals surface area contributed by atoms with E-state index in [1.807, 2.05) is 25.1 Å².